The number of hydrogen-bond donors (Lipinski definition) is 3. The number of nitrogen functional groups attached to an aromatic ring is 1. The maximum absolute atomic E-state index is 9.44. The van der Waals surface area contributed by atoms with Gasteiger partial charge in [0.1, 0.15) is 5.82 Å². The molecule has 1 saturated carbocycles. The van der Waals surface area contributed by atoms with E-state index >= 15 is 0 Å². The number of hydrogen-bond acceptors (Lipinski definition) is 3. The number of rotatable bonds is 3. The van der Waals surface area contributed by atoms with E-state index in [1.807, 2.05) is 12.1 Å². The Morgan fingerprint density at radius 3 is 2.82 bits per heavy atom. The van der Waals surface area contributed by atoms with Crippen LogP contribution in [0.15, 0.2) is 30.5 Å². The lowest BCUT2D eigenvalue weighted by atomic mass is 9.94. The summed E-state index contributed by atoms with van der Waals surface area (Å²) in [6.45, 7) is 0.220. The highest BCUT2D eigenvalue weighted by Gasteiger charge is 2.43. The molecule has 0 radical (unpaired) electrons. The number of aromatic nitrogens is 2. The van der Waals surface area contributed by atoms with Crippen molar-refractivity contribution in [3.8, 4) is 11.1 Å². The molecule has 1 aromatic heterocycles. The predicted molar refractivity (Wildman–Crippen MR) is 66.4 cm³/mol. The average Bonchev–Trinajstić information content (AvgIpc) is 3.06. The first-order valence-electron chi connectivity index (χ1n) is 5.76. The molecule has 0 aliphatic heterocycles. The van der Waals surface area contributed by atoms with E-state index in [4.69, 9.17) is 5.73 Å². The fraction of sp³-hybridized carbons (Fsp3) is 0.308. The molecule has 1 aliphatic carbocycles. The van der Waals surface area contributed by atoms with Crippen LogP contribution >= 0.6 is 0 Å². The quantitative estimate of drug-likeness (QED) is 0.749. The Kier molecular flexibility index (Phi) is 2.19. The van der Waals surface area contributed by atoms with Gasteiger partial charge in [-0.3, -0.25) is 5.10 Å². The Morgan fingerprint density at radius 1 is 1.41 bits per heavy atom. The van der Waals surface area contributed by atoms with Crippen LogP contribution in [0.5, 0.6) is 0 Å². The number of nitrogens with two attached hydrogens (primary N) is 1. The van der Waals surface area contributed by atoms with Gasteiger partial charge in [-0.1, -0.05) is 24.3 Å². The molecule has 4 N–H and O–H groups in total. The van der Waals surface area contributed by atoms with Gasteiger partial charge in [-0.05, 0) is 24.0 Å². The second-order valence-corrected chi connectivity index (χ2v) is 4.72. The van der Waals surface area contributed by atoms with Gasteiger partial charge in [-0.25, -0.2) is 0 Å². The Hall–Kier alpha value is -1.81. The first kappa shape index (κ1) is 10.4. The van der Waals surface area contributed by atoms with Gasteiger partial charge in [-0.15, -0.1) is 0 Å². The third-order valence-corrected chi connectivity index (χ3v) is 3.61. The Bertz CT molecular complexity index is 543. The van der Waals surface area contributed by atoms with E-state index in [-0.39, 0.29) is 12.0 Å². The van der Waals surface area contributed by atoms with Crippen LogP contribution < -0.4 is 5.73 Å². The molecule has 0 saturated heterocycles. The molecular formula is C13H15N3O. The third kappa shape index (κ3) is 1.61. The van der Waals surface area contributed by atoms with Gasteiger partial charge in [0, 0.05) is 11.0 Å². The molecule has 1 fully saturated rings. The van der Waals surface area contributed by atoms with Crippen LogP contribution in [0.4, 0.5) is 5.82 Å². The summed E-state index contributed by atoms with van der Waals surface area (Å²) in [7, 11) is 0. The summed E-state index contributed by atoms with van der Waals surface area (Å²) >= 11 is 0. The number of aliphatic hydroxyl groups excluding tert-OH is 1. The van der Waals surface area contributed by atoms with Crippen LogP contribution in [0.1, 0.15) is 18.4 Å². The van der Waals surface area contributed by atoms with Crippen LogP contribution in [0.3, 0.4) is 0 Å². The van der Waals surface area contributed by atoms with Crippen LogP contribution in [-0.2, 0) is 5.41 Å². The number of aromatic amines is 1. The summed E-state index contributed by atoms with van der Waals surface area (Å²) in [5, 5.41) is 16.1. The molecule has 0 bridgehead atoms. The number of H-pyrrole nitrogens is 1. The molecule has 4 nitrogen and oxygen atoms in total. The molecule has 1 aromatic carbocycles. The van der Waals surface area contributed by atoms with Crippen molar-refractivity contribution in [1.29, 1.82) is 0 Å². The molecule has 1 heterocycles. The normalized spacial score (nSPS) is 17.0. The van der Waals surface area contributed by atoms with Crippen LogP contribution in [0.25, 0.3) is 11.1 Å². The van der Waals surface area contributed by atoms with Crippen molar-refractivity contribution in [3.05, 3.63) is 36.0 Å². The van der Waals surface area contributed by atoms with Gasteiger partial charge in [0.2, 0.25) is 0 Å². The first-order chi connectivity index (χ1) is 8.25. The van der Waals surface area contributed by atoms with Crippen molar-refractivity contribution < 1.29 is 5.11 Å². The van der Waals surface area contributed by atoms with E-state index in [1.54, 1.807) is 6.20 Å². The van der Waals surface area contributed by atoms with E-state index in [9.17, 15) is 5.11 Å². The van der Waals surface area contributed by atoms with Crippen molar-refractivity contribution in [2.24, 2.45) is 0 Å². The molecular weight excluding hydrogens is 214 g/mol. The fourth-order valence-electron chi connectivity index (χ4n) is 2.23. The maximum atomic E-state index is 9.44. The minimum Gasteiger partial charge on any atom is -0.395 e. The van der Waals surface area contributed by atoms with Crippen molar-refractivity contribution in [2.45, 2.75) is 18.3 Å². The fourth-order valence-corrected chi connectivity index (χ4v) is 2.23. The van der Waals surface area contributed by atoms with Gasteiger partial charge in [0.25, 0.3) is 0 Å². The molecule has 1 aliphatic rings. The number of nitrogens with one attached hydrogen (secondary N) is 1. The molecule has 88 valence electrons. The summed E-state index contributed by atoms with van der Waals surface area (Å²) in [5.41, 5.74) is 8.97. The summed E-state index contributed by atoms with van der Waals surface area (Å²) in [6, 6.07) is 8.19. The lowest BCUT2D eigenvalue weighted by molar-refractivity contribution is 0.255. The van der Waals surface area contributed by atoms with E-state index in [1.165, 1.54) is 5.56 Å². The molecule has 17 heavy (non-hydrogen) atoms. The van der Waals surface area contributed by atoms with Crippen LogP contribution in [0.2, 0.25) is 0 Å². The summed E-state index contributed by atoms with van der Waals surface area (Å²) in [4.78, 5) is 0. The van der Waals surface area contributed by atoms with Crippen molar-refractivity contribution in [3.63, 3.8) is 0 Å². The lowest BCUT2D eigenvalue weighted by Gasteiger charge is -2.13. The SMILES string of the molecule is Nc1[nH]ncc1-c1cccc(C2(CO)CC2)c1. The molecule has 0 atom stereocenters. The minimum absolute atomic E-state index is 0.00545. The predicted octanol–water partition coefficient (Wildman–Crippen LogP) is 1.68. The van der Waals surface area contributed by atoms with Crippen molar-refractivity contribution >= 4 is 5.82 Å². The van der Waals surface area contributed by atoms with Crippen molar-refractivity contribution in [1.82, 2.24) is 10.2 Å². The largest absolute Gasteiger partial charge is 0.395 e. The zero-order valence-electron chi connectivity index (χ0n) is 9.48. The second-order valence-electron chi connectivity index (χ2n) is 4.72. The molecule has 4 heteroatoms. The monoisotopic (exact) mass is 229 g/mol. The lowest BCUT2D eigenvalue weighted by Crippen LogP contribution is -2.11. The zero-order valence-corrected chi connectivity index (χ0v) is 9.48. The Labute approximate surface area is 99.5 Å². The molecule has 0 amide bonds. The summed E-state index contributed by atoms with van der Waals surface area (Å²) in [6.07, 6.45) is 3.86. The van der Waals surface area contributed by atoms with E-state index in [0.29, 0.717) is 5.82 Å². The van der Waals surface area contributed by atoms with Gasteiger partial charge in [0.15, 0.2) is 0 Å². The summed E-state index contributed by atoms with van der Waals surface area (Å²) in [5.74, 6) is 0.580. The Balaban J connectivity index is 2.03. The topological polar surface area (TPSA) is 74.9 Å². The number of benzene rings is 1. The highest BCUT2D eigenvalue weighted by molar-refractivity contribution is 5.73. The van der Waals surface area contributed by atoms with E-state index in [2.05, 4.69) is 22.3 Å². The highest BCUT2D eigenvalue weighted by atomic mass is 16.3. The average molecular weight is 229 g/mol. The standard InChI is InChI=1S/C13H15N3O/c14-12-11(7-15-16-12)9-2-1-3-10(6-9)13(8-17)4-5-13/h1-3,6-7,17H,4-5,8H2,(H3,14,15,16). The highest BCUT2D eigenvalue weighted by Crippen LogP contribution is 2.48. The smallest absolute Gasteiger partial charge is 0.126 e. The van der Waals surface area contributed by atoms with E-state index < -0.39 is 0 Å². The first-order valence-corrected chi connectivity index (χ1v) is 5.76. The van der Waals surface area contributed by atoms with Gasteiger partial charge in [-0.2, -0.15) is 5.10 Å². The number of aliphatic hydroxyl groups is 1. The summed E-state index contributed by atoms with van der Waals surface area (Å²) < 4.78 is 0. The van der Waals surface area contributed by atoms with Gasteiger partial charge >= 0.3 is 0 Å². The number of anilines is 1. The van der Waals surface area contributed by atoms with E-state index in [0.717, 1.165) is 24.0 Å². The molecule has 3 rings (SSSR count). The molecule has 0 unspecified atom stereocenters. The third-order valence-electron chi connectivity index (χ3n) is 3.61. The number of nitrogens with zero attached hydrogens (tertiary/aromatic N) is 1. The van der Waals surface area contributed by atoms with Crippen molar-refractivity contribution in [2.75, 3.05) is 12.3 Å². The van der Waals surface area contributed by atoms with Crippen LogP contribution in [-0.4, -0.2) is 21.9 Å². The second kappa shape index (κ2) is 3.60. The van der Waals surface area contributed by atoms with Gasteiger partial charge in [0.05, 0.1) is 12.8 Å². The van der Waals surface area contributed by atoms with Crippen LogP contribution in [0, 0.1) is 0 Å². The zero-order chi connectivity index (χ0) is 11.9. The maximum Gasteiger partial charge on any atom is 0.126 e. The molecule has 0 spiro atoms. The Morgan fingerprint density at radius 2 is 2.24 bits per heavy atom. The minimum atomic E-state index is -0.00545. The van der Waals surface area contributed by atoms with Gasteiger partial charge < -0.3 is 10.8 Å². The molecule has 2 aromatic rings.